The molecule has 25 heavy (non-hydrogen) atoms. The third-order valence-electron chi connectivity index (χ3n) is 3.86. The van der Waals surface area contributed by atoms with Crippen molar-refractivity contribution in [3.05, 3.63) is 35.3 Å². The Morgan fingerprint density at radius 2 is 2.08 bits per heavy atom. The maximum atomic E-state index is 12.2. The van der Waals surface area contributed by atoms with Crippen molar-refractivity contribution < 1.29 is 9.53 Å². The summed E-state index contributed by atoms with van der Waals surface area (Å²) in [7, 11) is 0. The third kappa shape index (κ3) is 6.14. The summed E-state index contributed by atoms with van der Waals surface area (Å²) in [5, 5.41) is 5.85. The molecule has 3 N–H and O–H groups in total. The summed E-state index contributed by atoms with van der Waals surface area (Å²) in [4.78, 5) is 16.8. The number of hydrogen-bond acceptors (Lipinski definition) is 5. The van der Waals surface area contributed by atoms with Crippen molar-refractivity contribution in [1.82, 2.24) is 10.3 Å². The molecule has 1 unspecified atom stereocenters. The lowest BCUT2D eigenvalue weighted by atomic mass is 10.1. The fourth-order valence-electron chi connectivity index (χ4n) is 2.52. The van der Waals surface area contributed by atoms with Crippen LogP contribution in [-0.4, -0.2) is 30.1 Å². The van der Waals surface area contributed by atoms with E-state index < -0.39 is 0 Å². The van der Waals surface area contributed by atoms with E-state index in [1.807, 2.05) is 36.6 Å². The lowest BCUT2D eigenvalue weighted by Gasteiger charge is -2.15. The van der Waals surface area contributed by atoms with Crippen molar-refractivity contribution in [2.45, 2.75) is 45.6 Å². The third-order valence-corrected chi connectivity index (χ3v) is 4.80. The standard InChI is InChI=1S/C19H27N3O2S/c1-3-5-6-15(12-20)21-18(23)11-16-13-25-19(22-16)14-7-9-17(10-8-14)24-4-2/h7-10,13,15H,3-6,11-12,20H2,1-2H3,(H,21,23). The van der Waals surface area contributed by atoms with E-state index in [1.54, 1.807) is 11.3 Å². The Labute approximate surface area is 153 Å². The van der Waals surface area contributed by atoms with Crippen LogP contribution in [0.15, 0.2) is 29.6 Å². The topological polar surface area (TPSA) is 77.2 Å². The van der Waals surface area contributed by atoms with Gasteiger partial charge in [0.05, 0.1) is 18.7 Å². The van der Waals surface area contributed by atoms with Gasteiger partial charge < -0.3 is 15.8 Å². The van der Waals surface area contributed by atoms with Crippen LogP contribution in [0.1, 0.15) is 38.8 Å². The van der Waals surface area contributed by atoms with Crippen LogP contribution in [0, 0.1) is 0 Å². The smallest absolute Gasteiger partial charge is 0.226 e. The summed E-state index contributed by atoms with van der Waals surface area (Å²) in [6, 6.07) is 7.90. The molecule has 0 radical (unpaired) electrons. The maximum Gasteiger partial charge on any atom is 0.226 e. The second kappa shape index (κ2) is 10.2. The van der Waals surface area contributed by atoms with E-state index in [2.05, 4.69) is 17.2 Å². The molecule has 1 atom stereocenters. The molecule has 136 valence electrons. The number of unbranched alkanes of at least 4 members (excludes halogenated alkanes) is 1. The lowest BCUT2D eigenvalue weighted by molar-refractivity contribution is -0.121. The number of ether oxygens (including phenoxy) is 1. The minimum atomic E-state index is -0.0184. The van der Waals surface area contributed by atoms with Gasteiger partial charge in [-0.05, 0) is 37.6 Å². The number of nitrogens with two attached hydrogens (primary N) is 1. The Morgan fingerprint density at radius 1 is 1.32 bits per heavy atom. The molecule has 0 aliphatic carbocycles. The van der Waals surface area contributed by atoms with E-state index in [9.17, 15) is 4.79 Å². The predicted molar refractivity (Wildman–Crippen MR) is 103 cm³/mol. The molecule has 0 saturated carbocycles. The van der Waals surface area contributed by atoms with Crippen LogP contribution >= 0.6 is 11.3 Å². The number of thiazole rings is 1. The zero-order valence-electron chi connectivity index (χ0n) is 15.0. The summed E-state index contributed by atoms with van der Waals surface area (Å²) in [5.41, 5.74) is 7.55. The first-order valence-electron chi connectivity index (χ1n) is 8.83. The van der Waals surface area contributed by atoms with Crippen molar-refractivity contribution in [3.63, 3.8) is 0 Å². The number of hydrogen-bond donors (Lipinski definition) is 2. The highest BCUT2D eigenvalue weighted by molar-refractivity contribution is 7.13. The molecule has 0 bridgehead atoms. The first kappa shape index (κ1) is 19.4. The Balaban J connectivity index is 1.93. The molecular formula is C19H27N3O2S. The Kier molecular flexibility index (Phi) is 7.88. The van der Waals surface area contributed by atoms with Crippen molar-refractivity contribution in [3.8, 4) is 16.3 Å². The largest absolute Gasteiger partial charge is 0.494 e. The second-order valence-electron chi connectivity index (χ2n) is 5.92. The van der Waals surface area contributed by atoms with E-state index in [-0.39, 0.29) is 18.4 Å². The summed E-state index contributed by atoms with van der Waals surface area (Å²) >= 11 is 1.55. The molecule has 2 rings (SSSR count). The average Bonchev–Trinajstić information content (AvgIpc) is 3.07. The number of carbonyl (C=O) groups excluding carboxylic acids is 1. The lowest BCUT2D eigenvalue weighted by Crippen LogP contribution is -2.40. The summed E-state index contributed by atoms with van der Waals surface area (Å²) in [5.74, 6) is 0.831. The number of rotatable bonds is 10. The second-order valence-corrected chi connectivity index (χ2v) is 6.78. The Morgan fingerprint density at radius 3 is 2.72 bits per heavy atom. The molecule has 0 aliphatic rings. The van der Waals surface area contributed by atoms with E-state index in [4.69, 9.17) is 10.5 Å². The highest BCUT2D eigenvalue weighted by Crippen LogP contribution is 2.26. The van der Waals surface area contributed by atoms with Gasteiger partial charge in [-0.15, -0.1) is 11.3 Å². The number of nitrogens with zero attached hydrogens (tertiary/aromatic N) is 1. The van der Waals surface area contributed by atoms with Gasteiger partial charge in [-0.25, -0.2) is 4.98 Å². The van der Waals surface area contributed by atoms with Crippen molar-refractivity contribution >= 4 is 17.2 Å². The molecule has 2 aromatic rings. The van der Waals surface area contributed by atoms with Crippen LogP contribution in [0.25, 0.3) is 10.6 Å². The summed E-state index contributed by atoms with van der Waals surface area (Å²) in [6.45, 7) is 5.22. The predicted octanol–water partition coefficient (Wildman–Crippen LogP) is 3.39. The molecule has 0 fully saturated rings. The van der Waals surface area contributed by atoms with Crippen LogP contribution in [0.3, 0.4) is 0 Å². The molecular weight excluding hydrogens is 334 g/mol. The van der Waals surface area contributed by atoms with Gasteiger partial charge in [0.25, 0.3) is 0 Å². The monoisotopic (exact) mass is 361 g/mol. The molecule has 1 amide bonds. The molecule has 5 nitrogen and oxygen atoms in total. The van der Waals surface area contributed by atoms with Gasteiger partial charge >= 0.3 is 0 Å². The number of benzene rings is 1. The van der Waals surface area contributed by atoms with Gasteiger partial charge in [0.2, 0.25) is 5.91 Å². The fourth-order valence-corrected chi connectivity index (χ4v) is 3.35. The van der Waals surface area contributed by atoms with Crippen LogP contribution in [0.5, 0.6) is 5.75 Å². The highest BCUT2D eigenvalue weighted by atomic mass is 32.1. The van der Waals surface area contributed by atoms with Crippen LogP contribution < -0.4 is 15.8 Å². The van der Waals surface area contributed by atoms with E-state index in [0.29, 0.717) is 13.2 Å². The maximum absolute atomic E-state index is 12.2. The molecule has 0 saturated heterocycles. The fraction of sp³-hybridized carbons (Fsp3) is 0.474. The van der Waals surface area contributed by atoms with Crippen LogP contribution in [0.2, 0.25) is 0 Å². The number of carbonyl (C=O) groups is 1. The normalized spacial score (nSPS) is 12.0. The van der Waals surface area contributed by atoms with Gasteiger partial charge in [0.15, 0.2) is 0 Å². The van der Waals surface area contributed by atoms with Gasteiger partial charge in [0.1, 0.15) is 10.8 Å². The van der Waals surface area contributed by atoms with Crippen LogP contribution in [-0.2, 0) is 11.2 Å². The molecule has 1 aromatic carbocycles. The van der Waals surface area contributed by atoms with E-state index in [1.165, 1.54) is 0 Å². The van der Waals surface area contributed by atoms with E-state index >= 15 is 0 Å². The molecule has 1 heterocycles. The minimum Gasteiger partial charge on any atom is -0.494 e. The number of aromatic nitrogens is 1. The van der Waals surface area contributed by atoms with Gasteiger partial charge in [0, 0.05) is 23.5 Å². The zero-order chi connectivity index (χ0) is 18.1. The molecule has 6 heteroatoms. The number of nitrogens with one attached hydrogen (secondary N) is 1. The first-order chi connectivity index (χ1) is 12.2. The minimum absolute atomic E-state index is 0.0184. The average molecular weight is 362 g/mol. The van der Waals surface area contributed by atoms with E-state index in [0.717, 1.165) is 41.3 Å². The SMILES string of the molecule is CCCCC(CN)NC(=O)Cc1csc(-c2ccc(OCC)cc2)n1. The van der Waals surface area contributed by atoms with Gasteiger partial charge in [-0.3, -0.25) is 4.79 Å². The molecule has 0 aliphatic heterocycles. The summed E-state index contributed by atoms with van der Waals surface area (Å²) in [6.07, 6.45) is 3.38. The Bertz CT molecular complexity index is 655. The van der Waals surface area contributed by atoms with Crippen molar-refractivity contribution in [2.75, 3.05) is 13.2 Å². The van der Waals surface area contributed by atoms with Gasteiger partial charge in [-0.1, -0.05) is 19.8 Å². The quantitative estimate of drug-likeness (QED) is 0.680. The van der Waals surface area contributed by atoms with Crippen molar-refractivity contribution in [1.29, 1.82) is 0 Å². The van der Waals surface area contributed by atoms with Crippen molar-refractivity contribution in [2.24, 2.45) is 5.73 Å². The first-order valence-corrected chi connectivity index (χ1v) is 9.71. The highest BCUT2D eigenvalue weighted by Gasteiger charge is 2.13. The zero-order valence-corrected chi connectivity index (χ0v) is 15.8. The van der Waals surface area contributed by atoms with Gasteiger partial charge in [-0.2, -0.15) is 0 Å². The molecule has 0 spiro atoms. The molecule has 1 aromatic heterocycles. The Hall–Kier alpha value is -1.92. The number of amides is 1. The van der Waals surface area contributed by atoms with Crippen LogP contribution in [0.4, 0.5) is 0 Å². The summed E-state index contributed by atoms with van der Waals surface area (Å²) < 4.78 is 5.45.